The second kappa shape index (κ2) is 7.68. The predicted molar refractivity (Wildman–Crippen MR) is 89.0 cm³/mol. The monoisotopic (exact) mass is 314 g/mol. The van der Waals surface area contributed by atoms with Gasteiger partial charge in [-0.15, -0.1) is 0 Å². The molecule has 122 valence electrons. The first-order valence-corrected chi connectivity index (χ1v) is 7.62. The van der Waals surface area contributed by atoms with Gasteiger partial charge in [0.05, 0.1) is 6.10 Å². The van der Waals surface area contributed by atoms with Crippen LogP contribution in [0.3, 0.4) is 0 Å². The van der Waals surface area contributed by atoms with Crippen molar-refractivity contribution in [1.82, 2.24) is 0 Å². The zero-order chi connectivity index (χ0) is 16.8. The highest BCUT2D eigenvalue weighted by Crippen LogP contribution is 2.38. The molecule has 4 nitrogen and oxygen atoms in total. The minimum absolute atomic E-state index is 0.0512. The molecule has 0 bridgehead atoms. The van der Waals surface area contributed by atoms with Crippen molar-refractivity contribution >= 4 is 5.97 Å². The molecule has 0 N–H and O–H groups in total. The molecule has 23 heavy (non-hydrogen) atoms. The number of hydrogen-bond donors (Lipinski definition) is 0. The first-order chi connectivity index (χ1) is 11.0. The normalized spacial score (nSPS) is 10.5. The summed E-state index contributed by atoms with van der Waals surface area (Å²) in [6.45, 7) is 7.58. The molecule has 0 radical (unpaired) electrons. The lowest BCUT2D eigenvalue weighted by molar-refractivity contribution is -0.132. The lowest BCUT2D eigenvalue weighted by atomic mass is 10.1. The number of hydrogen-bond acceptors (Lipinski definition) is 4. The summed E-state index contributed by atoms with van der Waals surface area (Å²) in [7, 11) is 0. The summed E-state index contributed by atoms with van der Waals surface area (Å²) in [4.78, 5) is 11.3. The summed E-state index contributed by atoms with van der Waals surface area (Å²) in [5, 5.41) is 0. The van der Waals surface area contributed by atoms with Gasteiger partial charge in [-0.1, -0.05) is 30.3 Å². The number of carbonyl (C=O) groups is 1. The lowest BCUT2D eigenvalue weighted by Gasteiger charge is -2.18. The van der Waals surface area contributed by atoms with Gasteiger partial charge >= 0.3 is 5.97 Å². The number of rotatable bonds is 6. The molecule has 0 amide bonds. The van der Waals surface area contributed by atoms with Crippen LogP contribution in [0.5, 0.6) is 17.2 Å². The van der Waals surface area contributed by atoms with Crippen LogP contribution in [0.1, 0.15) is 31.9 Å². The van der Waals surface area contributed by atoms with Gasteiger partial charge in [0.15, 0.2) is 11.5 Å². The standard InChI is InChI=1S/C19H22O4/c1-13(2)22-17-10-11-18(23-15(4)20)19(14(17)3)21-12-16-8-6-5-7-9-16/h5-11,13H,12H2,1-4H3. The van der Waals surface area contributed by atoms with Crippen LogP contribution in [-0.4, -0.2) is 12.1 Å². The van der Waals surface area contributed by atoms with E-state index in [1.54, 1.807) is 12.1 Å². The van der Waals surface area contributed by atoms with Crippen LogP contribution in [0.4, 0.5) is 0 Å². The Labute approximate surface area is 137 Å². The summed E-state index contributed by atoms with van der Waals surface area (Å²) in [6, 6.07) is 13.3. The van der Waals surface area contributed by atoms with Crippen LogP contribution >= 0.6 is 0 Å². The van der Waals surface area contributed by atoms with Crippen LogP contribution in [0.25, 0.3) is 0 Å². The molecule has 2 aromatic carbocycles. The van der Waals surface area contributed by atoms with E-state index < -0.39 is 0 Å². The average Bonchev–Trinajstić information content (AvgIpc) is 2.50. The molecule has 0 saturated heterocycles. The van der Waals surface area contributed by atoms with Crippen molar-refractivity contribution in [2.45, 2.75) is 40.4 Å². The maximum Gasteiger partial charge on any atom is 0.308 e. The van der Waals surface area contributed by atoms with Crippen LogP contribution in [-0.2, 0) is 11.4 Å². The average molecular weight is 314 g/mol. The van der Waals surface area contributed by atoms with Crippen LogP contribution in [0.15, 0.2) is 42.5 Å². The van der Waals surface area contributed by atoms with Crippen molar-refractivity contribution in [2.24, 2.45) is 0 Å². The maximum absolute atomic E-state index is 11.3. The molecule has 0 heterocycles. The van der Waals surface area contributed by atoms with E-state index in [2.05, 4.69) is 0 Å². The molecule has 2 rings (SSSR count). The SMILES string of the molecule is CC(=O)Oc1ccc(OC(C)C)c(C)c1OCc1ccccc1. The van der Waals surface area contributed by atoms with E-state index in [1.807, 2.05) is 51.1 Å². The fraction of sp³-hybridized carbons (Fsp3) is 0.316. The van der Waals surface area contributed by atoms with Crippen molar-refractivity contribution in [3.63, 3.8) is 0 Å². The minimum atomic E-state index is -0.383. The predicted octanol–water partition coefficient (Wildman–Crippen LogP) is 4.29. The van der Waals surface area contributed by atoms with Crippen molar-refractivity contribution in [2.75, 3.05) is 0 Å². The van der Waals surface area contributed by atoms with Gasteiger partial charge in [-0.05, 0) is 38.5 Å². The second-order valence-corrected chi connectivity index (χ2v) is 5.55. The van der Waals surface area contributed by atoms with Crippen LogP contribution < -0.4 is 14.2 Å². The third-order valence-electron chi connectivity index (χ3n) is 3.16. The smallest absolute Gasteiger partial charge is 0.308 e. The molecular weight excluding hydrogens is 292 g/mol. The maximum atomic E-state index is 11.3. The quantitative estimate of drug-likeness (QED) is 0.589. The Morgan fingerprint density at radius 2 is 1.70 bits per heavy atom. The van der Waals surface area contributed by atoms with Gasteiger partial charge in [-0.25, -0.2) is 0 Å². The topological polar surface area (TPSA) is 44.8 Å². The zero-order valence-electron chi connectivity index (χ0n) is 14.0. The van der Waals surface area contributed by atoms with Gasteiger partial charge in [-0.2, -0.15) is 0 Å². The van der Waals surface area contributed by atoms with Crippen molar-refractivity contribution in [1.29, 1.82) is 0 Å². The van der Waals surface area contributed by atoms with Gasteiger partial charge in [0.2, 0.25) is 0 Å². The molecule has 2 aromatic rings. The second-order valence-electron chi connectivity index (χ2n) is 5.55. The number of ether oxygens (including phenoxy) is 3. The van der Waals surface area contributed by atoms with E-state index in [0.717, 1.165) is 16.9 Å². The molecule has 0 aliphatic carbocycles. The Morgan fingerprint density at radius 3 is 2.30 bits per heavy atom. The van der Waals surface area contributed by atoms with Crippen molar-refractivity contribution in [3.8, 4) is 17.2 Å². The van der Waals surface area contributed by atoms with Gasteiger partial charge in [0.1, 0.15) is 12.4 Å². The minimum Gasteiger partial charge on any atom is -0.491 e. The fourth-order valence-electron chi connectivity index (χ4n) is 2.17. The number of benzene rings is 2. The first kappa shape index (κ1) is 16.9. The lowest BCUT2D eigenvalue weighted by Crippen LogP contribution is -2.09. The molecule has 0 saturated carbocycles. The third-order valence-corrected chi connectivity index (χ3v) is 3.16. The van der Waals surface area contributed by atoms with E-state index in [9.17, 15) is 4.79 Å². The van der Waals surface area contributed by atoms with E-state index >= 15 is 0 Å². The van der Waals surface area contributed by atoms with E-state index in [0.29, 0.717) is 18.1 Å². The summed E-state index contributed by atoms with van der Waals surface area (Å²) < 4.78 is 17.0. The molecule has 0 unspecified atom stereocenters. The molecule has 4 heteroatoms. The largest absolute Gasteiger partial charge is 0.491 e. The van der Waals surface area contributed by atoms with Gasteiger partial charge < -0.3 is 14.2 Å². The highest BCUT2D eigenvalue weighted by Gasteiger charge is 2.16. The van der Waals surface area contributed by atoms with Crippen molar-refractivity contribution in [3.05, 3.63) is 53.6 Å². The Morgan fingerprint density at radius 1 is 1.04 bits per heavy atom. The van der Waals surface area contributed by atoms with E-state index in [-0.39, 0.29) is 12.1 Å². The van der Waals surface area contributed by atoms with E-state index in [1.165, 1.54) is 6.92 Å². The Kier molecular flexibility index (Phi) is 5.63. The summed E-state index contributed by atoms with van der Waals surface area (Å²) in [6.07, 6.45) is 0.0512. The summed E-state index contributed by atoms with van der Waals surface area (Å²) in [5.74, 6) is 1.27. The summed E-state index contributed by atoms with van der Waals surface area (Å²) >= 11 is 0. The Hall–Kier alpha value is -2.49. The van der Waals surface area contributed by atoms with Gasteiger partial charge in [0.25, 0.3) is 0 Å². The molecular formula is C19H22O4. The molecule has 0 aliphatic heterocycles. The molecule has 0 aromatic heterocycles. The van der Waals surface area contributed by atoms with E-state index in [4.69, 9.17) is 14.2 Å². The molecule has 0 aliphatic rings. The first-order valence-electron chi connectivity index (χ1n) is 7.62. The highest BCUT2D eigenvalue weighted by atomic mass is 16.6. The highest BCUT2D eigenvalue weighted by molar-refractivity contribution is 5.71. The van der Waals surface area contributed by atoms with Gasteiger partial charge in [0, 0.05) is 12.5 Å². The zero-order valence-corrected chi connectivity index (χ0v) is 14.0. The van der Waals surface area contributed by atoms with Crippen molar-refractivity contribution < 1.29 is 19.0 Å². The van der Waals surface area contributed by atoms with Gasteiger partial charge in [-0.3, -0.25) is 4.79 Å². The number of esters is 1. The van der Waals surface area contributed by atoms with Crippen LogP contribution in [0.2, 0.25) is 0 Å². The number of carbonyl (C=O) groups excluding carboxylic acids is 1. The molecule has 0 spiro atoms. The Balaban J connectivity index is 2.29. The van der Waals surface area contributed by atoms with Crippen LogP contribution in [0, 0.1) is 6.92 Å². The third kappa shape index (κ3) is 4.74. The Bertz CT molecular complexity index is 663. The fourth-order valence-corrected chi connectivity index (χ4v) is 2.17. The summed E-state index contributed by atoms with van der Waals surface area (Å²) in [5.41, 5.74) is 1.85. The molecule has 0 fully saturated rings. The molecule has 0 atom stereocenters.